The third kappa shape index (κ3) is 4.58. The van der Waals surface area contributed by atoms with Gasteiger partial charge in [-0.2, -0.15) is 0 Å². The number of hydrogen-bond acceptors (Lipinski definition) is 4. The Kier molecular flexibility index (Phi) is 8.90. The van der Waals surface area contributed by atoms with Gasteiger partial charge >= 0.3 is 5.97 Å². The van der Waals surface area contributed by atoms with Crippen molar-refractivity contribution in [1.29, 1.82) is 0 Å². The Morgan fingerprint density at radius 1 is 1.03 bits per heavy atom. The molecule has 0 aromatic rings. The summed E-state index contributed by atoms with van der Waals surface area (Å²) >= 11 is 0. The predicted molar refractivity (Wildman–Crippen MR) is 133 cm³/mol. The number of carboxylic acid groups (broad SMARTS) is 1. The topological polar surface area (TPSA) is 98.0 Å². The van der Waals surface area contributed by atoms with Gasteiger partial charge in [-0.05, 0) is 111 Å². The second-order valence-electron chi connectivity index (χ2n) is 13.1. The molecule has 0 saturated heterocycles. The molecule has 4 aliphatic carbocycles. The zero-order valence-corrected chi connectivity index (χ0v) is 27.3. The summed E-state index contributed by atoms with van der Waals surface area (Å²) in [4.78, 5) is 12.4. The van der Waals surface area contributed by atoms with E-state index in [4.69, 9.17) is 0 Å². The Morgan fingerprint density at radius 2 is 1.69 bits per heavy atom. The van der Waals surface area contributed by atoms with E-state index >= 15 is 0 Å². The van der Waals surface area contributed by atoms with Crippen molar-refractivity contribution in [1.82, 2.24) is 0 Å². The summed E-state index contributed by atoms with van der Waals surface area (Å²) in [7, 11) is 0. The van der Waals surface area contributed by atoms with E-state index in [0.29, 0.717) is 42.7 Å². The zero-order valence-electron chi connectivity index (χ0n) is 22.6. The first-order valence-corrected chi connectivity index (χ1v) is 13.4. The van der Waals surface area contributed by atoms with Gasteiger partial charge in [0.25, 0.3) is 0 Å². The van der Waals surface area contributed by atoms with Crippen molar-refractivity contribution in [2.24, 2.45) is 39.9 Å². The smallest absolute Gasteiger partial charge is 0.331 e. The summed E-state index contributed by atoms with van der Waals surface area (Å²) in [5.41, 5.74) is 1.66. The number of hydrogen-bond donors (Lipinski definition) is 4. The standard InChI is InChI=1S/C29H46O5.Ac/c1-16(2)8-7-9-18(26(33)34)24-20-14-22(31)25-27(4)12-11-21(30)17(3)19(27)10-13-28(25,5)29(20,6)15-23(24)32;/h8,17,19-23,25,30-32H,7,9-15H2,1-6H3,(H,33,34);/b24-18-;/t17?,19?,20?,21?,22?,23-,25-,27-,28?,29-;/m0./s1. The Bertz CT molecular complexity index is 894. The molecule has 35 heavy (non-hydrogen) atoms. The number of fused-ring (bicyclic) bond motifs is 5. The van der Waals surface area contributed by atoms with Crippen LogP contribution in [0.15, 0.2) is 22.8 Å². The van der Waals surface area contributed by atoms with Gasteiger partial charge in [0.2, 0.25) is 0 Å². The van der Waals surface area contributed by atoms with Crippen LogP contribution in [0.25, 0.3) is 0 Å². The summed E-state index contributed by atoms with van der Waals surface area (Å²) in [5, 5.41) is 43.8. The van der Waals surface area contributed by atoms with Gasteiger partial charge in [0.1, 0.15) is 0 Å². The fourth-order valence-corrected chi connectivity index (χ4v) is 9.51. The molecule has 4 aliphatic rings. The largest absolute Gasteiger partial charge is 0.478 e. The Labute approximate surface area is 247 Å². The Morgan fingerprint density at radius 3 is 2.29 bits per heavy atom. The fraction of sp³-hybridized carbons (Fsp3) is 0.828. The first-order valence-electron chi connectivity index (χ1n) is 13.4. The average Bonchev–Trinajstić information content (AvgIpc) is 2.99. The van der Waals surface area contributed by atoms with E-state index < -0.39 is 18.2 Å². The van der Waals surface area contributed by atoms with Crippen LogP contribution in [0.3, 0.4) is 0 Å². The molecule has 5 nitrogen and oxygen atoms in total. The average molecular weight is 702 g/mol. The van der Waals surface area contributed by atoms with E-state index in [9.17, 15) is 25.2 Å². The van der Waals surface area contributed by atoms with Gasteiger partial charge in [-0.3, -0.25) is 0 Å². The number of aliphatic hydroxyl groups is 3. The minimum atomic E-state index is -0.937. The molecule has 195 valence electrons. The van der Waals surface area contributed by atoms with Crippen LogP contribution < -0.4 is 0 Å². The second kappa shape index (κ2) is 10.4. The van der Waals surface area contributed by atoms with Gasteiger partial charge in [0, 0.05) is 49.6 Å². The molecule has 6 unspecified atom stereocenters. The molecular formula is C29H46AcO5. The SMILES string of the molecule is CC(C)=CCC/C(C(=O)O)=C1\C2CC(O)[C@@H]3C(C)(CCC4C(C)C(O)CC[C@@]43C)[C@@]2(C)C[C@@H]1O.[Ac]. The van der Waals surface area contributed by atoms with Crippen molar-refractivity contribution in [3.05, 3.63) is 22.8 Å². The first-order chi connectivity index (χ1) is 15.8. The molecule has 4 fully saturated rings. The van der Waals surface area contributed by atoms with Crippen LogP contribution in [0.2, 0.25) is 0 Å². The number of carbonyl (C=O) groups is 1. The summed E-state index contributed by atoms with van der Waals surface area (Å²) in [6, 6.07) is 0. The van der Waals surface area contributed by atoms with Crippen LogP contribution in [-0.2, 0) is 4.79 Å². The van der Waals surface area contributed by atoms with Gasteiger partial charge < -0.3 is 20.4 Å². The maximum atomic E-state index is 12.4. The third-order valence-corrected chi connectivity index (χ3v) is 11.3. The molecule has 4 N–H and O–H groups in total. The molecule has 0 spiro atoms. The van der Waals surface area contributed by atoms with E-state index in [1.165, 1.54) is 0 Å². The van der Waals surface area contributed by atoms with Crippen LogP contribution >= 0.6 is 0 Å². The summed E-state index contributed by atoms with van der Waals surface area (Å²) in [6.07, 6.45) is 6.25. The zero-order chi connectivity index (χ0) is 25.2. The monoisotopic (exact) mass is 701 g/mol. The minimum absolute atomic E-state index is 0. The molecular weight excluding hydrogens is 655 g/mol. The van der Waals surface area contributed by atoms with E-state index in [-0.39, 0.29) is 84.2 Å². The number of aliphatic carboxylic acids is 1. The van der Waals surface area contributed by atoms with E-state index in [2.05, 4.69) is 33.8 Å². The number of carboxylic acids is 1. The van der Waals surface area contributed by atoms with Crippen LogP contribution in [0.4, 0.5) is 0 Å². The molecule has 4 rings (SSSR count). The molecule has 4 saturated carbocycles. The summed E-state index contributed by atoms with van der Waals surface area (Å²) in [6.45, 7) is 13.1. The molecule has 0 aromatic heterocycles. The van der Waals surface area contributed by atoms with Crippen LogP contribution in [-0.4, -0.2) is 44.7 Å². The normalized spacial score (nSPS) is 48.1. The van der Waals surface area contributed by atoms with Crippen molar-refractivity contribution in [3.8, 4) is 0 Å². The van der Waals surface area contributed by atoms with Crippen molar-refractivity contribution < 1.29 is 69.3 Å². The molecule has 0 amide bonds. The van der Waals surface area contributed by atoms with Gasteiger partial charge in [-0.1, -0.05) is 39.3 Å². The van der Waals surface area contributed by atoms with E-state index in [0.717, 1.165) is 31.3 Å². The van der Waals surface area contributed by atoms with Crippen LogP contribution in [0, 0.1) is 84.0 Å². The summed E-state index contributed by atoms with van der Waals surface area (Å²) < 4.78 is 0. The molecule has 0 bridgehead atoms. The quantitative estimate of drug-likeness (QED) is 0.242. The van der Waals surface area contributed by atoms with Gasteiger partial charge in [0.05, 0.1) is 18.3 Å². The van der Waals surface area contributed by atoms with Crippen LogP contribution in [0.1, 0.15) is 92.9 Å². The Hall–Kier alpha value is 0.272. The summed E-state index contributed by atoms with van der Waals surface area (Å²) in [5.74, 6) is -0.375. The number of allylic oxidation sites excluding steroid dienone is 2. The van der Waals surface area contributed by atoms with Gasteiger partial charge in [-0.15, -0.1) is 0 Å². The molecule has 6 heteroatoms. The molecule has 1 radical (unpaired) electrons. The predicted octanol–water partition coefficient (Wildman–Crippen LogP) is 5.10. The third-order valence-electron chi connectivity index (χ3n) is 11.3. The maximum absolute atomic E-state index is 12.4. The number of aliphatic hydroxyl groups excluding tert-OH is 3. The van der Waals surface area contributed by atoms with Gasteiger partial charge in [0.15, 0.2) is 0 Å². The van der Waals surface area contributed by atoms with Crippen molar-refractivity contribution in [3.63, 3.8) is 0 Å². The van der Waals surface area contributed by atoms with Crippen molar-refractivity contribution in [2.75, 3.05) is 0 Å². The molecule has 0 aromatic carbocycles. The van der Waals surface area contributed by atoms with Crippen molar-refractivity contribution >= 4 is 5.97 Å². The second-order valence-corrected chi connectivity index (χ2v) is 13.1. The molecule has 10 atom stereocenters. The molecule has 0 aliphatic heterocycles. The van der Waals surface area contributed by atoms with Crippen molar-refractivity contribution in [2.45, 2.75) is 111 Å². The maximum Gasteiger partial charge on any atom is 0.331 e. The first kappa shape index (κ1) is 29.8. The van der Waals surface area contributed by atoms with E-state index in [1.54, 1.807) is 0 Å². The van der Waals surface area contributed by atoms with Gasteiger partial charge in [-0.25, -0.2) is 4.79 Å². The Balaban J connectivity index is 0.00000342. The number of rotatable bonds is 4. The molecule has 0 heterocycles. The van der Waals surface area contributed by atoms with Crippen LogP contribution in [0.5, 0.6) is 0 Å². The fourth-order valence-electron chi connectivity index (χ4n) is 9.51. The minimum Gasteiger partial charge on any atom is -0.478 e. The van der Waals surface area contributed by atoms with E-state index in [1.807, 2.05) is 13.8 Å².